The van der Waals surface area contributed by atoms with E-state index in [9.17, 15) is 9.59 Å². The second kappa shape index (κ2) is 31.3. The largest absolute Gasteiger partial charge is 0.469 e. The summed E-state index contributed by atoms with van der Waals surface area (Å²) < 4.78 is 74.1. The minimum atomic E-state index is -2.86. The summed E-state index contributed by atoms with van der Waals surface area (Å²) in [4.78, 5) is 23.6. The SMILES string of the molecule is C=C(C)C(=O)OC(COCCC)COCCC[Si](O[Si](C)(C)C)(O[Si](C)(C)C)O[Si](C)(C)C.C=C(C)C(=O)OCC(COCCC[Si](O[Si](C)(C)C)(O[Si](C)(C)C)O[Si](C)(C)C)OCCC. The number of esters is 2. The maximum atomic E-state index is 11.9. The first-order chi connectivity index (χ1) is 29.8. The van der Waals surface area contributed by atoms with E-state index >= 15 is 0 Å². The van der Waals surface area contributed by atoms with Crippen LogP contribution in [0.4, 0.5) is 0 Å². The molecule has 66 heavy (non-hydrogen) atoms. The van der Waals surface area contributed by atoms with E-state index in [2.05, 4.69) is 131 Å². The van der Waals surface area contributed by atoms with Gasteiger partial charge in [0.05, 0.1) is 19.8 Å². The van der Waals surface area contributed by atoms with Gasteiger partial charge in [-0.3, -0.25) is 0 Å². The minimum Gasteiger partial charge on any atom is -0.459 e. The average Bonchev–Trinajstić information content (AvgIpc) is 3.07. The normalized spacial score (nSPS) is 14.3. The van der Waals surface area contributed by atoms with Gasteiger partial charge in [-0.25, -0.2) is 9.59 Å². The molecule has 22 heteroatoms. The Bertz CT molecular complexity index is 1320. The Balaban J connectivity index is 0. The van der Waals surface area contributed by atoms with Crippen LogP contribution in [0.5, 0.6) is 0 Å². The zero-order valence-electron chi connectivity index (χ0n) is 46.2. The molecule has 0 spiro atoms. The van der Waals surface area contributed by atoms with E-state index in [1.807, 2.05) is 13.8 Å². The summed E-state index contributed by atoms with van der Waals surface area (Å²) in [7, 11) is -17.0. The van der Waals surface area contributed by atoms with Crippen molar-refractivity contribution in [1.29, 1.82) is 0 Å². The summed E-state index contributed by atoms with van der Waals surface area (Å²) in [5.74, 6) is -0.836. The number of carbonyl (C=O) groups excluding carboxylic acids is 2. The minimum absolute atomic E-state index is 0.153. The lowest BCUT2D eigenvalue weighted by molar-refractivity contribution is -0.151. The first-order valence-corrected chi connectivity index (χ1v) is 48.3. The Labute approximate surface area is 412 Å². The molecule has 0 aliphatic heterocycles. The van der Waals surface area contributed by atoms with Crippen LogP contribution in [-0.2, 0) is 62.7 Å². The van der Waals surface area contributed by atoms with Gasteiger partial charge in [0.2, 0.25) is 0 Å². The van der Waals surface area contributed by atoms with E-state index in [1.165, 1.54) is 0 Å². The predicted molar refractivity (Wildman–Crippen MR) is 290 cm³/mol. The molecule has 0 saturated heterocycles. The molecule has 14 nitrogen and oxygen atoms in total. The lowest BCUT2D eigenvalue weighted by Crippen LogP contribution is -2.60. The van der Waals surface area contributed by atoms with Gasteiger partial charge in [0.25, 0.3) is 0 Å². The second-order valence-electron chi connectivity index (χ2n) is 22.8. The number of carbonyl (C=O) groups is 2. The van der Waals surface area contributed by atoms with Crippen LogP contribution >= 0.6 is 0 Å². The Morgan fingerprint density at radius 2 is 0.727 bits per heavy atom. The zero-order valence-corrected chi connectivity index (χ0v) is 54.2. The standard InChI is InChI=1S/2C22H50O7Si4/c1-13-15-25-21(19-26-22(23)20(2)3)18-24-16-14-17-33(27-30(4,5)6,28-31(7,8)9)29-32(10,11)12;1-13-15-24-18-21(26-22(23)20(2)3)19-25-16-14-17-33(27-30(4,5)6,28-31(7,8)9)29-32(10,11)12/h2*21H,2,13-19H2,1,3-12H3. The Kier molecular flexibility index (Phi) is 32.1. The fraction of sp³-hybridized carbons (Fsp3) is 0.864. The van der Waals surface area contributed by atoms with Crippen LogP contribution in [0.3, 0.4) is 0 Å². The molecule has 0 fully saturated rings. The van der Waals surface area contributed by atoms with E-state index in [0.29, 0.717) is 56.8 Å². The number of rotatable bonds is 36. The maximum Gasteiger partial charge on any atom is 0.469 e. The summed E-state index contributed by atoms with van der Waals surface area (Å²) in [6.45, 7) is 57.3. The molecule has 0 aliphatic carbocycles. The molecule has 2 atom stereocenters. The molecule has 0 aliphatic rings. The quantitative estimate of drug-likeness (QED) is 0.0254. The lowest BCUT2D eigenvalue weighted by atomic mass is 10.3. The molecule has 0 aromatic rings. The van der Waals surface area contributed by atoms with Crippen molar-refractivity contribution in [2.45, 2.75) is 196 Å². The zero-order chi connectivity index (χ0) is 51.8. The number of hydrogen-bond donors (Lipinski definition) is 0. The Hall–Kier alpha value is -0.245. The van der Waals surface area contributed by atoms with Crippen LogP contribution in [0, 0.1) is 0 Å². The summed E-state index contributed by atoms with van der Waals surface area (Å²) >= 11 is 0. The molecule has 0 bridgehead atoms. The molecule has 392 valence electrons. The molecule has 0 amide bonds. The molecule has 0 saturated carbocycles. The van der Waals surface area contributed by atoms with Crippen LogP contribution in [0.1, 0.15) is 53.4 Å². The second-order valence-corrected chi connectivity index (χ2v) is 56.7. The molecule has 0 aromatic carbocycles. The topological polar surface area (TPSA) is 145 Å². The van der Waals surface area contributed by atoms with Crippen molar-refractivity contribution in [3.8, 4) is 0 Å². The van der Waals surface area contributed by atoms with Crippen molar-refractivity contribution >= 4 is 79.5 Å². The summed E-state index contributed by atoms with van der Waals surface area (Å²) in [5.41, 5.74) is 0.736. The van der Waals surface area contributed by atoms with Gasteiger partial charge in [0, 0.05) is 49.7 Å². The molecule has 0 heterocycles. The van der Waals surface area contributed by atoms with E-state index in [-0.39, 0.29) is 19.3 Å². The van der Waals surface area contributed by atoms with Crippen LogP contribution in [0.15, 0.2) is 24.3 Å². The van der Waals surface area contributed by atoms with Crippen molar-refractivity contribution in [3.63, 3.8) is 0 Å². The van der Waals surface area contributed by atoms with Gasteiger partial charge in [-0.15, -0.1) is 0 Å². The Morgan fingerprint density at radius 3 is 1.02 bits per heavy atom. The molecule has 0 rings (SSSR count). The fourth-order valence-corrected chi connectivity index (χ4v) is 35.1. The lowest BCUT2D eigenvalue weighted by Gasteiger charge is -2.43. The Morgan fingerprint density at radius 1 is 0.424 bits per heavy atom. The summed E-state index contributed by atoms with van der Waals surface area (Å²) in [6, 6.07) is 1.45. The highest BCUT2D eigenvalue weighted by Gasteiger charge is 2.51. The van der Waals surface area contributed by atoms with Gasteiger partial charge in [0.1, 0.15) is 18.8 Å². The predicted octanol–water partition coefficient (Wildman–Crippen LogP) is 11.6. The third-order valence-corrected chi connectivity index (χ3v) is 31.6. The van der Waals surface area contributed by atoms with Gasteiger partial charge in [-0.05, 0) is 157 Å². The third-order valence-electron chi connectivity index (χ3n) is 7.50. The first kappa shape index (κ1) is 67.8. The van der Waals surface area contributed by atoms with Crippen LogP contribution in [0.2, 0.25) is 130 Å². The smallest absolute Gasteiger partial charge is 0.459 e. The van der Waals surface area contributed by atoms with Crippen LogP contribution in [0.25, 0.3) is 0 Å². The highest BCUT2D eigenvalue weighted by atomic mass is 28.5. The van der Waals surface area contributed by atoms with Crippen molar-refractivity contribution in [3.05, 3.63) is 24.3 Å². The molecule has 2 unspecified atom stereocenters. The average molecular weight is 1080 g/mol. The van der Waals surface area contributed by atoms with Crippen LogP contribution in [-0.4, -0.2) is 145 Å². The molecule has 0 aromatic heterocycles. The van der Waals surface area contributed by atoms with Gasteiger partial charge in [0.15, 0.2) is 49.9 Å². The van der Waals surface area contributed by atoms with Crippen LogP contribution < -0.4 is 0 Å². The van der Waals surface area contributed by atoms with Gasteiger partial charge < -0.3 is 53.1 Å². The molecule has 0 N–H and O–H groups in total. The van der Waals surface area contributed by atoms with E-state index in [4.69, 9.17) is 53.1 Å². The summed E-state index contributed by atoms with van der Waals surface area (Å²) in [6.07, 6.45) is 2.55. The molecular formula is C44H100O14Si8. The maximum absolute atomic E-state index is 11.9. The van der Waals surface area contributed by atoms with E-state index < -0.39 is 85.6 Å². The highest BCUT2D eigenvalue weighted by Crippen LogP contribution is 2.31. The third kappa shape index (κ3) is 39.5. The molecular weight excluding hydrogens is 977 g/mol. The summed E-state index contributed by atoms with van der Waals surface area (Å²) in [5, 5.41) is 0. The van der Waals surface area contributed by atoms with Crippen molar-refractivity contribution < 1.29 is 62.7 Å². The fourth-order valence-electron chi connectivity index (χ4n) is 5.89. The van der Waals surface area contributed by atoms with E-state index in [0.717, 1.165) is 31.7 Å². The number of ether oxygens (including phenoxy) is 6. The van der Waals surface area contributed by atoms with Crippen molar-refractivity contribution in [1.82, 2.24) is 0 Å². The van der Waals surface area contributed by atoms with Gasteiger partial charge in [-0.1, -0.05) is 27.0 Å². The van der Waals surface area contributed by atoms with Gasteiger partial charge in [-0.2, -0.15) is 0 Å². The highest BCUT2D eigenvalue weighted by molar-refractivity contribution is 6.91. The van der Waals surface area contributed by atoms with Crippen molar-refractivity contribution in [2.75, 3.05) is 52.9 Å². The monoisotopic (exact) mass is 1080 g/mol. The number of hydrogen-bond acceptors (Lipinski definition) is 14. The molecule has 0 radical (unpaired) electrons. The van der Waals surface area contributed by atoms with Crippen molar-refractivity contribution in [2.24, 2.45) is 0 Å². The van der Waals surface area contributed by atoms with E-state index in [1.54, 1.807) is 13.8 Å². The van der Waals surface area contributed by atoms with Gasteiger partial charge >= 0.3 is 29.5 Å². The first-order valence-electron chi connectivity index (χ1n) is 24.0.